The summed E-state index contributed by atoms with van der Waals surface area (Å²) in [4.78, 5) is 29.3. The SMILES string of the molecule is O=C(Nc1ccc(CCBr)cc1)Nc1ccc(-c2nc(N3CCOCC3)c3ncn(CCC4OCCO4)c3n2)cc1. The van der Waals surface area contributed by atoms with Crippen molar-refractivity contribution >= 4 is 50.3 Å². The molecule has 11 nitrogen and oxygen atoms in total. The third kappa shape index (κ3) is 6.67. The first-order valence-corrected chi connectivity index (χ1v) is 14.9. The minimum Gasteiger partial charge on any atom is -0.378 e. The number of nitrogens with one attached hydrogen (secondary N) is 2. The van der Waals surface area contributed by atoms with Gasteiger partial charge in [-0.15, -0.1) is 0 Å². The standard InChI is InChI=1S/C29H32BrN7O4/c30-11-9-20-1-5-22(6-2-20)32-29(38)33-23-7-3-21(4-8-23)26-34-27(36-13-15-39-16-14-36)25-28(35-26)37(19-31-25)12-10-24-40-17-18-41-24/h1-8,19,24H,9-18H2,(H2,32,33,38). The zero-order valence-electron chi connectivity index (χ0n) is 22.6. The summed E-state index contributed by atoms with van der Waals surface area (Å²) in [7, 11) is 0. The van der Waals surface area contributed by atoms with E-state index in [1.54, 1.807) is 0 Å². The molecule has 4 heterocycles. The lowest BCUT2D eigenvalue weighted by Gasteiger charge is -2.28. The minimum atomic E-state index is -0.308. The van der Waals surface area contributed by atoms with Gasteiger partial charge in [-0.05, 0) is 48.4 Å². The maximum atomic E-state index is 12.6. The number of aromatic nitrogens is 4. The van der Waals surface area contributed by atoms with Gasteiger partial charge in [-0.3, -0.25) is 0 Å². The highest BCUT2D eigenvalue weighted by Crippen LogP contribution is 2.28. The van der Waals surface area contributed by atoms with Gasteiger partial charge in [0.1, 0.15) is 0 Å². The molecule has 0 atom stereocenters. The summed E-state index contributed by atoms with van der Waals surface area (Å²) >= 11 is 3.45. The van der Waals surface area contributed by atoms with Crippen molar-refractivity contribution in [3.63, 3.8) is 0 Å². The van der Waals surface area contributed by atoms with E-state index in [1.165, 1.54) is 5.56 Å². The molecule has 214 valence electrons. The van der Waals surface area contributed by atoms with Crippen molar-refractivity contribution in [1.29, 1.82) is 0 Å². The summed E-state index contributed by atoms with van der Waals surface area (Å²) in [5, 5.41) is 6.67. The summed E-state index contributed by atoms with van der Waals surface area (Å²) in [6, 6.07) is 15.0. The Kier molecular flexibility index (Phi) is 8.71. The minimum absolute atomic E-state index is 0.205. The number of aryl methyl sites for hydroxylation is 2. The van der Waals surface area contributed by atoms with Crippen LogP contribution in [-0.4, -0.2) is 76.7 Å². The number of alkyl halides is 1. The lowest BCUT2D eigenvalue weighted by atomic mass is 10.1. The van der Waals surface area contributed by atoms with Gasteiger partial charge in [0.15, 0.2) is 29.1 Å². The van der Waals surface area contributed by atoms with Crippen LogP contribution in [0.1, 0.15) is 12.0 Å². The molecule has 2 N–H and O–H groups in total. The van der Waals surface area contributed by atoms with E-state index >= 15 is 0 Å². The van der Waals surface area contributed by atoms with Crippen molar-refractivity contribution in [3.05, 3.63) is 60.4 Å². The normalized spacial score (nSPS) is 15.9. The van der Waals surface area contributed by atoms with Crippen molar-refractivity contribution in [2.75, 3.05) is 60.4 Å². The van der Waals surface area contributed by atoms with Gasteiger partial charge in [-0.1, -0.05) is 28.1 Å². The van der Waals surface area contributed by atoms with E-state index in [-0.39, 0.29) is 12.3 Å². The molecule has 2 fully saturated rings. The molecule has 2 aromatic heterocycles. The number of urea groups is 1. The molecular formula is C29H32BrN7O4. The fourth-order valence-electron chi connectivity index (χ4n) is 4.90. The van der Waals surface area contributed by atoms with Gasteiger partial charge in [-0.25, -0.2) is 19.7 Å². The van der Waals surface area contributed by atoms with Crippen LogP contribution in [0.3, 0.4) is 0 Å². The Labute approximate surface area is 246 Å². The zero-order chi connectivity index (χ0) is 28.0. The van der Waals surface area contributed by atoms with Crippen LogP contribution in [0.15, 0.2) is 54.9 Å². The van der Waals surface area contributed by atoms with Gasteiger partial charge in [-0.2, -0.15) is 0 Å². The Morgan fingerprint density at radius 3 is 2.29 bits per heavy atom. The van der Waals surface area contributed by atoms with E-state index in [0.29, 0.717) is 50.9 Å². The predicted molar refractivity (Wildman–Crippen MR) is 161 cm³/mol. The number of benzene rings is 2. The number of amides is 2. The zero-order valence-corrected chi connectivity index (χ0v) is 24.2. The van der Waals surface area contributed by atoms with Crippen LogP contribution in [0.2, 0.25) is 0 Å². The molecule has 2 amide bonds. The number of imidazole rings is 1. The number of hydrogen-bond donors (Lipinski definition) is 2. The Balaban J connectivity index is 1.20. The molecule has 0 unspecified atom stereocenters. The van der Waals surface area contributed by atoms with Gasteiger partial charge in [0.2, 0.25) is 0 Å². The Hall–Kier alpha value is -3.58. The van der Waals surface area contributed by atoms with Crippen LogP contribution < -0.4 is 15.5 Å². The Morgan fingerprint density at radius 2 is 1.61 bits per heavy atom. The highest BCUT2D eigenvalue weighted by Gasteiger charge is 2.22. The fourth-order valence-corrected chi connectivity index (χ4v) is 5.35. The summed E-state index contributed by atoms with van der Waals surface area (Å²) in [5.74, 6) is 1.39. The number of halogens is 1. The number of morpholine rings is 1. The summed E-state index contributed by atoms with van der Waals surface area (Å²) in [5.41, 5.74) is 4.97. The molecule has 0 aliphatic carbocycles. The molecule has 2 aliphatic rings. The number of carbonyl (C=O) groups is 1. The first-order valence-electron chi connectivity index (χ1n) is 13.8. The van der Waals surface area contributed by atoms with Crippen molar-refractivity contribution in [3.8, 4) is 11.4 Å². The second-order valence-electron chi connectivity index (χ2n) is 9.83. The molecule has 0 saturated carbocycles. The smallest absolute Gasteiger partial charge is 0.323 e. The van der Waals surface area contributed by atoms with Crippen LogP contribution in [-0.2, 0) is 27.2 Å². The molecular weight excluding hydrogens is 590 g/mol. The maximum Gasteiger partial charge on any atom is 0.323 e. The van der Waals surface area contributed by atoms with Gasteiger partial charge >= 0.3 is 6.03 Å². The largest absolute Gasteiger partial charge is 0.378 e. The molecule has 12 heteroatoms. The van der Waals surface area contributed by atoms with Crippen LogP contribution in [0.5, 0.6) is 0 Å². The highest BCUT2D eigenvalue weighted by atomic mass is 79.9. The Morgan fingerprint density at radius 1 is 0.927 bits per heavy atom. The van der Waals surface area contributed by atoms with Gasteiger partial charge in [0, 0.05) is 48.3 Å². The van der Waals surface area contributed by atoms with Crippen molar-refractivity contribution in [2.24, 2.45) is 0 Å². The second kappa shape index (κ2) is 12.9. The first-order chi connectivity index (χ1) is 20.2. The molecule has 6 rings (SSSR count). The molecule has 2 saturated heterocycles. The Bertz CT molecular complexity index is 1470. The maximum absolute atomic E-state index is 12.6. The number of nitrogens with zero attached hydrogens (tertiary/aromatic N) is 5. The lowest BCUT2D eigenvalue weighted by Crippen LogP contribution is -2.37. The van der Waals surface area contributed by atoms with E-state index in [4.69, 9.17) is 24.2 Å². The first kappa shape index (κ1) is 27.6. The monoisotopic (exact) mass is 621 g/mol. The summed E-state index contributed by atoms with van der Waals surface area (Å²) < 4.78 is 18.8. The van der Waals surface area contributed by atoms with Crippen LogP contribution in [0, 0.1) is 0 Å². The van der Waals surface area contributed by atoms with Crippen molar-refractivity contribution < 1.29 is 19.0 Å². The molecule has 0 spiro atoms. The number of rotatable bonds is 9. The summed E-state index contributed by atoms with van der Waals surface area (Å²) in [6.45, 7) is 4.67. The molecule has 0 radical (unpaired) electrons. The lowest BCUT2D eigenvalue weighted by molar-refractivity contribution is -0.0489. The number of fused-ring (bicyclic) bond motifs is 1. The number of carbonyl (C=O) groups excluding carboxylic acids is 1. The number of ether oxygens (including phenoxy) is 3. The molecule has 41 heavy (non-hydrogen) atoms. The average molecular weight is 623 g/mol. The topological polar surface area (TPSA) is 116 Å². The molecule has 4 aromatic rings. The molecule has 0 bridgehead atoms. The van der Waals surface area contributed by atoms with Gasteiger partial charge in [0.25, 0.3) is 0 Å². The number of hydrogen-bond acceptors (Lipinski definition) is 8. The average Bonchev–Trinajstić information content (AvgIpc) is 3.68. The van der Waals surface area contributed by atoms with E-state index in [1.807, 2.05) is 59.4 Å². The van der Waals surface area contributed by atoms with E-state index in [9.17, 15) is 4.79 Å². The van der Waals surface area contributed by atoms with Crippen LogP contribution in [0.4, 0.5) is 22.0 Å². The van der Waals surface area contributed by atoms with Crippen LogP contribution in [0.25, 0.3) is 22.6 Å². The number of anilines is 3. The van der Waals surface area contributed by atoms with Crippen LogP contribution >= 0.6 is 15.9 Å². The predicted octanol–water partition coefficient (Wildman–Crippen LogP) is 4.67. The fraction of sp³-hybridized carbons (Fsp3) is 0.379. The molecule has 2 aliphatic heterocycles. The summed E-state index contributed by atoms with van der Waals surface area (Å²) in [6.07, 6.45) is 3.25. The van der Waals surface area contributed by atoms with E-state index < -0.39 is 0 Å². The third-order valence-corrected chi connectivity index (χ3v) is 7.45. The van der Waals surface area contributed by atoms with E-state index in [0.717, 1.165) is 53.1 Å². The second-order valence-corrected chi connectivity index (χ2v) is 10.6. The highest BCUT2D eigenvalue weighted by molar-refractivity contribution is 9.09. The van der Waals surface area contributed by atoms with E-state index in [2.05, 4.69) is 36.4 Å². The quantitative estimate of drug-likeness (QED) is 0.259. The van der Waals surface area contributed by atoms with Gasteiger partial charge < -0.3 is 34.3 Å². The molecule has 2 aromatic carbocycles. The third-order valence-electron chi connectivity index (χ3n) is 7.05. The van der Waals surface area contributed by atoms with Crippen molar-refractivity contribution in [1.82, 2.24) is 19.5 Å². The van der Waals surface area contributed by atoms with Crippen molar-refractivity contribution in [2.45, 2.75) is 25.7 Å². The van der Waals surface area contributed by atoms with Gasteiger partial charge in [0.05, 0.1) is 32.8 Å².